The number of hydrogen-bond acceptors (Lipinski definition) is 4. The Hall–Kier alpha value is -1.96. The third kappa shape index (κ3) is 4.31. The largest absolute Gasteiger partial charge is 0.336 e. The molecule has 0 radical (unpaired) electrons. The molecule has 1 aliphatic heterocycles. The maximum atomic E-state index is 12.9. The zero-order chi connectivity index (χ0) is 19.6. The van der Waals surface area contributed by atoms with Gasteiger partial charge in [0, 0.05) is 32.4 Å². The third-order valence-corrected chi connectivity index (χ3v) is 6.82. The lowest BCUT2D eigenvalue weighted by Crippen LogP contribution is -2.50. The molecular weight excluding hydrogens is 386 g/mol. The standard InChI is InChI=1S/C19H22ClN3O3S/c1-14(2)15-3-6-17(7-4-15)27(25,26)23-11-9-22(10-12-23)19(24)16-5-8-18(20)21-13-16/h3-8,13-14H,9-12H2,1-2H3. The van der Waals surface area contributed by atoms with Crippen molar-refractivity contribution in [2.45, 2.75) is 24.7 Å². The SMILES string of the molecule is CC(C)c1ccc(S(=O)(=O)N2CCN(C(=O)c3ccc(Cl)nc3)CC2)cc1. The summed E-state index contributed by atoms with van der Waals surface area (Å²) in [5.41, 5.74) is 1.54. The molecule has 1 amide bonds. The number of carbonyl (C=O) groups excluding carboxylic acids is 1. The molecule has 6 nitrogen and oxygen atoms in total. The lowest BCUT2D eigenvalue weighted by Gasteiger charge is -2.34. The Labute approximate surface area is 164 Å². The average molecular weight is 408 g/mol. The summed E-state index contributed by atoms with van der Waals surface area (Å²) in [5, 5.41) is 0.325. The van der Waals surface area contributed by atoms with Gasteiger partial charge in [-0.3, -0.25) is 4.79 Å². The van der Waals surface area contributed by atoms with Gasteiger partial charge in [-0.1, -0.05) is 37.6 Å². The van der Waals surface area contributed by atoms with Crippen LogP contribution in [0.3, 0.4) is 0 Å². The number of piperazine rings is 1. The van der Waals surface area contributed by atoms with Crippen LogP contribution in [0, 0.1) is 0 Å². The fourth-order valence-corrected chi connectivity index (χ4v) is 4.52. The summed E-state index contributed by atoms with van der Waals surface area (Å²) in [5.74, 6) is 0.177. The van der Waals surface area contributed by atoms with Crippen molar-refractivity contribution >= 4 is 27.5 Å². The molecule has 1 aromatic carbocycles. The van der Waals surface area contributed by atoms with Crippen LogP contribution in [-0.2, 0) is 10.0 Å². The first-order valence-electron chi connectivity index (χ1n) is 8.80. The van der Waals surface area contributed by atoms with E-state index < -0.39 is 10.0 Å². The van der Waals surface area contributed by atoms with E-state index in [0.717, 1.165) is 5.56 Å². The van der Waals surface area contributed by atoms with Gasteiger partial charge in [-0.25, -0.2) is 13.4 Å². The maximum absolute atomic E-state index is 12.9. The van der Waals surface area contributed by atoms with E-state index in [9.17, 15) is 13.2 Å². The highest BCUT2D eigenvalue weighted by atomic mass is 35.5. The molecule has 0 saturated carbocycles. The minimum Gasteiger partial charge on any atom is -0.336 e. The van der Waals surface area contributed by atoms with E-state index in [2.05, 4.69) is 18.8 Å². The number of aromatic nitrogens is 1. The quantitative estimate of drug-likeness (QED) is 0.730. The zero-order valence-corrected chi connectivity index (χ0v) is 16.9. The molecule has 0 atom stereocenters. The maximum Gasteiger partial charge on any atom is 0.255 e. The fourth-order valence-electron chi connectivity index (χ4n) is 2.99. The minimum absolute atomic E-state index is 0.169. The molecule has 1 saturated heterocycles. The van der Waals surface area contributed by atoms with Gasteiger partial charge in [0.05, 0.1) is 10.5 Å². The Bertz CT molecular complexity index is 904. The highest BCUT2D eigenvalue weighted by Crippen LogP contribution is 2.21. The van der Waals surface area contributed by atoms with Crippen LogP contribution in [0.15, 0.2) is 47.5 Å². The number of amides is 1. The Balaban J connectivity index is 1.67. The van der Waals surface area contributed by atoms with E-state index in [-0.39, 0.29) is 23.9 Å². The number of nitrogens with zero attached hydrogens (tertiary/aromatic N) is 3. The molecule has 2 heterocycles. The van der Waals surface area contributed by atoms with E-state index in [1.54, 1.807) is 29.2 Å². The summed E-state index contributed by atoms with van der Waals surface area (Å²) in [6.45, 7) is 5.34. The van der Waals surface area contributed by atoms with Gasteiger partial charge in [0.25, 0.3) is 5.91 Å². The number of carbonyl (C=O) groups is 1. The normalized spacial score (nSPS) is 15.9. The molecule has 0 aliphatic carbocycles. The minimum atomic E-state index is -3.56. The molecule has 144 valence electrons. The summed E-state index contributed by atoms with van der Waals surface area (Å²) in [6.07, 6.45) is 1.43. The van der Waals surface area contributed by atoms with Gasteiger partial charge in [-0.2, -0.15) is 4.31 Å². The van der Waals surface area contributed by atoms with Crippen molar-refractivity contribution in [1.82, 2.24) is 14.2 Å². The van der Waals surface area contributed by atoms with Crippen LogP contribution in [0.5, 0.6) is 0 Å². The average Bonchev–Trinajstić information content (AvgIpc) is 2.68. The number of sulfonamides is 1. The second kappa shape index (κ2) is 7.96. The Morgan fingerprint density at radius 1 is 1.04 bits per heavy atom. The second-order valence-electron chi connectivity index (χ2n) is 6.79. The Kier molecular flexibility index (Phi) is 5.83. The summed E-state index contributed by atoms with van der Waals surface area (Å²) in [6, 6.07) is 10.2. The summed E-state index contributed by atoms with van der Waals surface area (Å²) in [4.78, 5) is 18.4. The fraction of sp³-hybridized carbons (Fsp3) is 0.368. The van der Waals surface area contributed by atoms with Crippen LogP contribution >= 0.6 is 11.6 Å². The monoisotopic (exact) mass is 407 g/mol. The third-order valence-electron chi connectivity index (χ3n) is 4.68. The van der Waals surface area contributed by atoms with Gasteiger partial charge in [-0.15, -0.1) is 0 Å². The van der Waals surface area contributed by atoms with E-state index >= 15 is 0 Å². The Morgan fingerprint density at radius 2 is 1.67 bits per heavy atom. The van der Waals surface area contributed by atoms with Crippen LogP contribution < -0.4 is 0 Å². The van der Waals surface area contributed by atoms with Crippen molar-refractivity contribution in [1.29, 1.82) is 0 Å². The molecule has 1 fully saturated rings. The second-order valence-corrected chi connectivity index (χ2v) is 9.11. The van der Waals surface area contributed by atoms with Gasteiger partial charge in [-0.05, 0) is 35.7 Å². The molecule has 1 aromatic heterocycles. The first kappa shape index (κ1) is 19.8. The zero-order valence-electron chi connectivity index (χ0n) is 15.3. The van der Waals surface area contributed by atoms with E-state index in [4.69, 9.17) is 11.6 Å². The van der Waals surface area contributed by atoms with Crippen molar-refractivity contribution in [3.63, 3.8) is 0 Å². The van der Waals surface area contributed by atoms with E-state index in [0.29, 0.717) is 29.7 Å². The van der Waals surface area contributed by atoms with Gasteiger partial charge in [0.2, 0.25) is 10.0 Å². The molecule has 2 aromatic rings. The van der Waals surface area contributed by atoms with Gasteiger partial charge in [0.1, 0.15) is 5.15 Å². The molecule has 8 heteroatoms. The van der Waals surface area contributed by atoms with Crippen LogP contribution in [0.2, 0.25) is 5.15 Å². The molecule has 3 rings (SSSR count). The smallest absolute Gasteiger partial charge is 0.255 e. The summed E-state index contributed by atoms with van der Waals surface area (Å²) in [7, 11) is -3.56. The van der Waals surface area contributed by atoms with Crippen LogP contribution in [0.4, 0.5) is 0 Å². The molecule has 1 aliphatic rings. The van der Waals surface area contributed by atoms with E-state index in [1.165, 1.54) is 10.5 Å². The number of halogens is 1. The molecule has 0 unspecified atom stereocenters. The van der Waals surface area contributed by atoms with Crippen molar-refractivity contribution < 1.29 is 13.2 Å². The van der Waals surface area contributed by atoms with Crippen molar-refractivity contribution in [2.24, 2.45) is 0 Å². The van der Waals surface area contributed by atoms with Crippen LogP contribution in [-0.4, -0.2) is 54.7 Å². The lowest BCUT2D eigenvalue weighted by molar-refractivity contribution is 0.0697. The molecule has 0 spiro atoms. The first-order valence-corrected chi connectivity index (χ1v) is 10.6. The van der Waals surface area contributed by atoms with Gasteiger partial charge in [0.15, 0.2) is 0 Å². The van der Waals surface area contributed by atoms with Crippen molar-refractivity contribution in [3.8, 4) is 0 Å². The molecule has 0 bridgehead atoms. The molecular formula is C19H22ClN3O3S. The number of benzene rings is 1. The highest BCUT2D eigenvalue weighted by Gasteiger charge is 2.30. The predicted molar refractivity (Wildman–Crippen MR) is 104 cm³/mol. The van der Waals surface area contributed by atoms with Gasteiger partial charge >= 0.3 is 0 Å². The van der Waals surface area contributed by atoms with E-state index in [1.807, 2.05) is 12.1 Å². The number of pyridine rings is 1. The number of hydrogen-bond donors (Lipinski definition) is 0. The molecule has 27 heavy (non-hydrogen) atoms. The highest BCUT2D eigenvalue weighted by molar-refractivity contribution is 7.89. The van der Waals surface area contributed by atoms with Crippen molar-refractivity contribution in [2.75, 3.05) is 26.2 Å². The lowest BCUT2D eigenvalue weighted by atomic mass is 10.0. The van der Waals surface area contributed by atoms with Crippen molar-refractivity contribution in [3.05, 3.63) is 58.9 Å². The number of rotatable bonds is 4. The topological polar surface area (TPSA) is 70.6 Å². The van der Waals surface area contributed by atoms with Crippen LogP contribution in [0.1, 0.15) is 35.7 Å². The Morgan fingerprint density at radius 3 is 2.19 bits per heavy atom. The predicted octanol–water partition coefficient (Wildman–Crippen LogP) is 3.01. The van der Waals surface area contributed by atoms with Crippen LogP contribution in [0.25, 0.3) is 0 Å². The first-order chi connectivity index (χ1) is 12.8. The summed E-state index contributed by atoms with van der Waals surface area (Å²) >= 11 is 5.75. The summed E-state index contributed by atoms with van der Waals surface area (Å²) < 4.78 is 27.1. The molecule has 0 N–H and O–H groups in total. The van der Waals surface area contributed by atoms with Gasteiger partial charge < -0.3 is 4.90 Å².